The molecule has 0 bridgehead atoms. The van der Waals surface area contributed by atoms with E-state index < -0.39 is 17.5 Å². The SMILES string of the molecule is O=C(c1ccc(F)cc1F)N1CCN(c2ccc(N3CCN(CC4CCCO4)CC3)nn2)CC1. The number of carbonyl (C=O) groups excluding carboxylic acids is 1. The Morgan fingerprint density at radius 3 is 2.12 bits per heavy atom. The van der Waals surface area contributed by atoms with Crippen molar-refractivity contribution >= 4 is 17.5 Å². The lowest BCUT2D eigenvalue weighted by Gasteiger charge is -2.37. The van der Waals surface area contributed by atoms with Gasteiger partial charge in [0.05, 0.1) is 11.7 Å². The van der Waals surface area contributed by atoms with Gasteiger partial charge in [-0.1, -0.05) is 0 Å². The molecule has 2 aromatic rings. The van der Waals surface area contributed by atoms with Gasteiger partial charge in [0.15, 0.2) is 11.6 Å². The van der Waals surface area contributed by atoms with Gasteiger partial charge in [-0.15, -0.1) is 10.2 Å². The summed E-state index contributed by atoms with van der Waals surface area (Å²) in [6, 6.07) is 7.02. The number of hydrogen-bond acceptors (Lipinski definition) is 7. The number of carbonyl (C=O) groups is 1. The summed E-state index contributed by atoms with van der Waals surface area (Å²) in [4.78, 5) is 21.0. The van der Waals surface area contributed by atoms with Crippen molar-refractivity contribution in [3.63, 3.8) is 0 Å². The number of nitrogens with zero attached hydrogens (tertiary/aromatic N) is 6. The molecule has 182 valence electrons. The second kappa shape index (κ2) is 10.2. The van der Waals surface area contributed by atoms with Crippen molar-refractivity contribution in [2.75, 3.05) is 75.3 Å². The number of benzene rings is 1. The third kappa shape index (κ3) is 5.12. The quantitative estimate of drug-likeness (QED) is 0.660. The first kappa shape index (κ1) is 22.9. The van der Waals surface area contributed by atoms with E-state index in [0.717, 1.165) is 63.1 Å². The number of ether oxygens (including phenoxy) is 1. The van der Waals surface area contributed by atoms with Crippen LogP contribution < -0.4 is 9.80 Å². The molecule has 1 atom stereocenters. The highest BCUT2D eigenvalue weighted by Gasteiger charge is 2.26. The van der Waals surface area contributed by atoms with Crippen molar-refractivity contribution in [2.45, 2.75) is 18.9 Å². The monoisotopic (exact) mass is 472 g/mol. The summed E-state index contributed by atoms with van der Waals surface area (Å²) >= 11 is 0. The fraction of sp³-hybridized carbons (Fsp3) is 0.542. The zero-order valence-corrected chi connectivity index (χ0v) is 19.2. The van der Waals surface area contributed by atoms with Crippen LogP contribution in [0.1, 0.15) is 23.2 Å². The topological polar surface area (TPSA) is 65.0 Å². The van der Waals surface area contributed by atoms with Gasteiger partial charge in [-0.2, -0.15) is 0 Å². The summed E-state index contributed by atoms with van der Waals surface area (Å²) in [6.07, 6.45) is 2.72. The second-order valence-corrected chi connectivity index (χ2v) is 9.08. The van der Waals surface area contributed by atoms with Gasteiger partial charge in [-0.3, -0.25) is 9.69 Å². The summed E-state index contributed by atoms with van der Waals surface area (Å²) < 4.78 is 32.9. The standard InChI is InChI=1S/C24H30F2N6O2/c25-18-3-4-20(21(26)16-18)24(33)32-13-11-31(12-14-32)23-6-5-22(27-28-23)30-9-7-29(8-10-30)17-19-2-1-15-34-19/h3-6,16,19H,1-2,7-15,17H2. The minimum Gasteiger partial charge on any atom is -0.377 e. The van der Waals surface area contributed by atoms with Crippen molar-refractivity contribution in [1.82, 2.24) is 20.0 Å². The van der Waals surface area contributed by atoms with Crippen LogP contribution in [0.5, 0.6) is 0 Å². The van der Waals surface area contributed by atoms with E-state index in [-0.39, 0.29) is 5.56 Å². The molecule has 8 nitrogen and oxygen atoms in total. The van der Waals surface area contributed by atoms with Crippen molar-refractivity contribution in [3.05, 3.63) is 47.5 Å². The van der Waals surface area contributed by atoms with Crippen LogP contribution in [0.15, 0.2) is 30.3 Å². The molecular formula is C24H30F2N6O2. The largest absolute Gasteiger partial charge is 0.377 e. The third-order valence-corrected chi connectivity index (χ3v) is 6.87. The van der Waals surface area contributed by atoms with Crippen LogP contribution in [0.3, 0.4) is 0 Å². The molecule has 1 unspecified atom stereocenters. The molecule has 1 aromatic heterocycles. The van der Waals surface area contributed by atoms with Gasteiger partial charge in [0.2, 0.25) is 0 Å². The molecule has 4 heterocycles. The minimum atomic E-state index is -0.832. The highest BCUT2D eigenvalue weighted by molar-refractivity contribution is 5.94. The van der Waals surface area contributed by atoms with Gasteiger partial charge >= 0.3 is 0 Å². The molecule has 1 aromatic carbocycles. The maximum absolute atomic E-state index is 14.0. The van der Waals surface area contributed by atoms with E-state index in [9.17, 15) is 13.6 Å². The first-order valence-electron chi connectivity index (χ1n) is 12.0. The maximum Gasteiger partial charge on any atom is 0.256 e. The van der Waals surface area contributed by atoms with Gasteiger partial charge in [0.1, 0.15) is 11.6 Å². The summed E-state index contributed by atoms with van der Waals surface area (Å²) in [5.41, 5.74) is -0.102. The van der Waals surface area contributed by atoms with Gasteiger partial charge in [0, 0.05) is 71.6 Å². The first-order chi connectivity index (χ1) is 16.6. The Kier molecular flexibility index (Phi) is 6.87. The van der Waals surface area contributed by atoms with Crippen LogP contribution in [-0.4, -0.2) is 97.5 Å². The number of amides is 1. The molecule has 1 amide bonds. The molecule has 3 aliphatic heterocycles. The zero-order chi connectivity index (χ0) is 23.5. The minimum absolute atomic E-state index is 0.102. The van der Waals surface area contributed by atoms with Gasteiger partial charge < -0.3 is 19.4 Å². The van der Waals surface area contributed by atoms with Crippen LogP contribution in [0, 0.1) is 11.6 Å². The molecule has 10 heteroatoms. The van der Waals surface area contributed by atoms with E-state index in [1.165, 1.54) is 18.9 Å². The number of rotatable bonds is 5. The van der Waals surface area contributed by atoms with Gasteiger partial charge in [0.25, 0.3) is 5.91 Å². The molecular weight excluding hydrogens is 442 g/mol. The fourth-order valence-corrected chi connectivity index (χ4v) is 4.86. The highest BCUT2D eigenvalue weighted by Crippen LogP contribution is 2.20. The lowest BCUT2D eigenvalue weighted by Crippen LogP contribution is -2.49. The number of hydrogen-bond donors (Lipinski definition) is 0. The molecule has 0 aliphatic carbocycles. The molecule has 0 N–H and O–H groups in total. The number of aromatic nitrogens is 2. The lowest BCUT2D eigenvalue weighted by atomic mass is 10.1. The summed E-state index contributed by atoms with van der Waals surface area (Å²) in [7, 11) is 0. The van der Waals surface area contributed by atoms with Crippen LogP contribution in [0.25, 0.3) is 0 Å². The highest BCUT2D eigenvalue weighted by atomic mass is 19.1. The molecule has 5 rings (SSSR count). The average Bonchev–Trinajstić information content (AvgIpc) is 3.38. The fourth-order valence-electron chi connectivity index (χ4n) is 4.86. The van der Waals surface area contributed by atoms with Crippen LogP contribution in [0.2, 0.25) is 0 Å². The van der Waals surface area contributed by atoms with Crippen LogP contribution in [0.4, 0.5) is 20.4 Å². The first-order valence-corrected chi connectivity index (χ1v) is 12.0. The van der Waals surface area contributed by atoms with Crippen molar-refractivity contribution in [3.8, 4) is 0 Å². The molecule has 3 aliphatic rings. The summed E-state index contributed by atoms with van der Waals surface area (Å²) in [6.45, 7) is 7.75. The maximum atomic E-state index is 14.0. The molecule has 0 saturated carbocycles. The zero-order valence-electron chi connectivity index (χ0n) is 19.2. The Bertz CT molecular complexity index is 985. The van der Waals surface area contributed by atoms with E-state index >= 15 is 0 Å². The van der Waals surface area contributed by atoms with E-state index in [0.29, 0.717) is 32.3 Å². The smallest absolute Gasteiger partial charge is 0.256 e. The normalized spacial score (nSPS) is 21.8. The van der Waals surface area contributed by atoms with Crippen molar-refractivity contribution < 1.29 is 18.3 Å². The number of anilines is 2. The summed E-state index contributed by atoms with van der Waals surface area (Å²) in [5.74, 6) is -0.304. The van der Waals surface area contributed by atoms with Gasteiger partial charge in [-0.25, -0.2) is 8.78 Å². The van der Waals surface area contributed by atoms with Crippen molar-refractivity contribution in [1.29, 1.82) is 0 Å². The Morgan fingerprint density at radius 1 is 0.912 bits per heavy atom. The Morgan fingerprint density at radius 2 is 1.56 bits per heavy atom. The van der Waals surface area contributed by atoms with Crippen molar-refractivity contribution in [2.24, 2.45) is 0 Å². The Labute approximate surface area is 198 Å². The molecule has 34 heavy (non-hydrogen) atoms. The van der Waals surface area contributed by atoms with Crippen LogP contribution in [-0.2, 0) is 4.74 Å². The third-order valence-electron chi connectivity index (χ3n) is 6.87. The van der Waals surface area contributed by atoms with Gasteiger partial charge in [-0.05, 0) is 37.1 Å². The Hall–Kier alpha value is -2.85. The molecule has 0 radical (unpaired) electrons. The predicted molar refractivity (Wildman–Crippen MR) is 124 cm³/mol. The van der Waals surface area contributed by atoms with E-state index in [4.69, 9.17) is 4.74 Å². The van der Waals surface area contributed by atoms with E-state index in [1.54, 1.807) is 4.90 Å². The molecule has 3 saturated heterocycles. The molecule has 3 fully saturated rings. The van der Waals surface area contributed by atoms with E-state index in [2.05, 4.69) is 24.9 Å². The lowest BCUT2D eigenvalue weighted by molar-refractivity contribution is 0.0712. The molecule has 0 spiro atoms. The average molecular weight is 473 g/mol. The second-order valence-electron chi connectivity index (χ2n) is 9.08. The number of halogens is 2. The Balaban J connectivity index is 1.11. The number of piperazine rings is 2. The van der Waals surface area contributed by atoms with Crippen LogP contribution >= 0.6 is 0 Å². The summed E-state index contributed by atoms with van der Waals surface area (Å²) in [5, 5.41) is 8.88. The van der Waals surface area contributed by atoms with E-state index in [1.807, 2.05) is 12.1 Å². The predicted octanol–water partition coefficient (Wildman–Crippen LogP) is 2.02.